The van der Waals surface area contributed by atoms with Crippen molar-refractivity contribution in [2.45, 2.75) is 30.7 Å². The van der Waals surface area contributed by atoms with Gasteiger partial charge in [0.1, 0.15) is 0 Å². The lowest BCUT2D eigenvalue weighted by molar-refractivity contribution is -0.135. The summed E-state index contributed by atoms with van der Waals surface area (Å²) in [4.78, 5) is 16.9. The van der Waals surface area contributed by atoms with Crippen LogP contribution in [0.3, 0.4) is 0 Å². The van der Waals surface area contributed by atoms with Gasteiger partial charge in [0.05, 0.1) is 10.9 Å². The van der Waals surface area contributed by atoms with Crippen LogP contribution in [0, 0.1) is 0 Å². The summed E-state index contributed by atoms with van der Waals surface area (Å²) in [6, 6.07) is 8.36. The zero-order valence-corrected chi connectivity index (χ0v) is 14.9. The van der Waals surface area contributed by atoms with Gasteiger partial charge in [-0.3, -0.25) is 9.69 Å². The third-order valence-corrected chi connectivity index (χ3v) is 6.89. The second-order valence-electron chi connectivity index (χ2n) is 6.46. The minimum Gasteiger partial charge on any atom is -0.341 e. The van der Waals surface area contributed by atoms with E-state index in [-0.39, 0.29) is 11.9 Å². The highest BCUT2D eigenvalue weighted by Crippen LogP contribution is 2.19. The van der Waals surface area contributed by atoms with Crippen LogP contribution in [0.2, 0.25) is 0 Å². The summed E-state index contributed by atoms with van der Waals surface area (Å²) in [5, 5.41) is 0. The second kappa shape index (κ2) is 7.21. The van der Waals surface area contributed by atoms with Gasteiger partial charge >= 0.3 is 0 Å². The first-order valence-electron chi connectivity index (χ1n) is 8.58. The van der Waals surface area contributed by atoms with E-state index in [4.69, 9.17) is 0 Å². The van der Waals surface area contributed by atoms with E-state index in [1.165, 1.54) is 4.31 Å². The molecule has 0 N–H and O–H groups in total. The minimum atomic E-state index is -3.44. The number of sulfonamides is 1. The summed E-state index contributed by atoms with van der Waals surface area (Å²) in [5.41, 5.74) is 0. The first kappa shape index (κ1) is 17.4. The fraction of sp³-hybridized carbons (Fsp3) is 0.588. The van der Waals surface area contributed by atoms with Crippen molar-refractivity contribution in [3.05, 3.63) is 30.3 Å². The Balaban J connectivity index is 1.60. The average Bonchev–Trinajstić information content (AvgIpc) is 3.16. The van der Waals surface area contributed by atoms with Crippen LogP contribution in [0.1, 0.15) is 19.8 Å². The van der Waals surface area contributed by atoms with E-state index < -0.39 is 10.0 Å². The van der Waals surface area contributed by atoms with Gasteiger partial charge in [0.25, 0.3) is 0 Å². The molecule has 1 aromatic rings. The summed E-state index contributed by atoms with van der Waals surface area (Å²) in [5.74, 6) is 0.173. The molecule has 6 nitrogen and oxygen atoms in total. The fourth-order valence-corrected chi connectivity index (χ4v) is 4.87. The summed E-state index contributed by atoms with van der Waals surface area (Å²) in [7, 11) is -3.44. The Labute approximate surface area is 144 Å². The van der Waals surface area contributed by atoms with Gasteiger partial charge in [-0.1, -0.05) is 18.2 Å². The Hall–Kier alpha value is -1.44. The molecule has 2 saturated heterocycles. The molecule has 0 aliphatic carbocycles. The molecule has 1 aromatic carbocycles. The molecule has 0 spiro atoms. The molecule has 0 radical (unpaired) electrons. The van der Waals surface area contributed by atoms with Crippen molar-refractivity contribution in [2.75, 3.05) is 39.3 Å². The Kier molecular flexibility index (Phi) is 5.22. The van der Waals surface area contributed by atoms with Crippen molar-refractivity contribution < 1.29 is 13.2 Å². The predicted molar refractivity (Wildman–Crippen MR) is 92.0 cm³/mol. The van der Waals surface area contributed by atoms with Crippen LogP contribution in [0.15, 0.2) is 35.2 Å². The summed E-state index contributed by atoms with van der Waals surface area (Å²) in [6.45, 7) is 5.67. The van der Waals surface area contributed by atoms with Crippen LogP contribution in [0.4, 0.5) is 0 Å². The van der Waals surface area contributed by atoms with Crippen LogP contribution in [0.5, 0.6) is 0 Å². The second-order valence-corrected chi connectivity index (χ2v) is 8.40. The monoisotopic (exact) mass is 351 g/mol. The molecule has 132 valence electrons. The van der Waals surface area contributed by atoms with Crippen molar-refractivity contribution in [3.63, 3.8) is 0 Å². The third-order valence-electron chi connectivity index (χ3n) is 4.98. The molecule has 2 aliphatic rings. The fourth-order valence-electron chi connectivity index (χ4n) is 3.43. The minimum absolute atomic E-state index is 0.173. The van der Waals surface area contributed by atoms with E-state index in [9.17, 15) is 13.2 Å². The van der Waals surface area contributed by atoms with E-state index >= 15 is 0 Å². The Morgan fingerprint density at radius 2 is 1.54 bits per heavy atom. The molecule has 1 atom stereocenters. The standard InChI is InChI=1S/C17H25N3O3S/c1-15(17(21)19-9-5-6-10-19)18-11-13-20(14-12-18)24(22,23)16-7-3-2-4-8-16/h2-4,7-8,15H,5-6,9-14H2,1H3/t15-/m1/s1. The molecule has 0 aromatic heterocycles. The van der Waals surface area contributed by atoms with Crippen LogP contribution in [0.25, 0.3) is 0 Å². The van der Waals surface area contributed by atoms with Crippen molar-refractivity contribution in [2.24, 2.45) is 0 Å². The van der Waals surface area contributed by atoms with Gasteiger partial charge in [0.2, 0.25) is 15.9 Å². The molecule has 0 saturated carbocycles. The first-order chi connectivity index (χ1) is 11.5. The highest BCUT2D eigenvalue weighted by molar-refractivity contribution is 7.89. The molecule has 2 aliphatic heterocycles. The molecule has 2 heterocycles. The van der Waals surface area contributed by atoms with E-state index in [1.807, 2.05) is 17.9 Å². The van der Waals surface area contributed by atoms with Gasteiger partial charge in [-0.15, -0.1) is 0 Å². The number of hydrogen-bond acceptors (Lipinski definition) is 4. The molecular formula is C17H25N3O3S. The lowest BCUT2D eigenvalue weighted by Crippen LogP contribution is -2.55. The molecule has 24 heavy (non-hydrogen) atoms. The number of benzene rings is 1. The molecule has 3 rings (SSSR count). The maximum Gasteiger partial charge on any atom is 0.243 e. The molecule has 0 unspecified atom stereocenters. The maximum absolute atomic E-state index is 12.6. The summed E-state index contributed by atoms with van der Waals surface area (Å²) < 4.78 is 26.8. The predicted octanol–water partition coefficient (Wildman–Crippen LogP) is 1.00. The number of carbonyl (C=O) groups is 1. The van der Waals surface area contributed by atoms with E-state index in [2.05, 4.69) is 4.90 Å². The Morgan fingerprint density at radius 1 is 0.958 bits per heavy atom. The third kappa shape index (κ3) is 3.48. The number of hydrogen-bond donors (Lipinski definition) is 0. The Bertz CT molecular complexity index is 664. The van der Waals surface area contributed by atoms with Crippen LogP contribution in [-0.4, -0.2) is 73.7 Å². The topological polar surface area (TPSA) is 60.9 Å². The smallest absolute Gasteiger partial charge is 0.243 e. The number of rotatable bonds is 4. The van der Waals surface area contributed by atoms with Crippen molar-refractivity contribution >= 4 is 15.9 Å². The van der Waals surface area contributed by atoms with Crippen molar-refractivity contribution in [1.82, 2.24) is 14.1 Å². The van der Waals surface area contributed by atoms with Gasteiger partial charge in [0.15, 0.2) is 0 Å². The number of carbonyl (C=O) groups excluding carboxylic acids is 1. The van der Waals surface area contributed by atoms with Crippen molar-refractivity contribution in [1.29, 1.82) is 0 Å². The number of likely N-dealkylation sites (tertiary alicyclic amines) is 1. The largest absolute Gasteiger partial charge is 0.341 e. The molecule has 2 fully saturated rings. The SMILES string of the molecule is C[C@H](C(=O)N1CCCC1)N1CCN(S(=O)(=O)c2ccccc2)CC1. The van der Waals surface area contributed by atoms with Gasteiger partial charge in [-0.2, -0.15) is 4.31 Å². The molecular weight excluding hydrogens is 326 g/mol. The maximum atomic E-state index is 12.6. The zero-order chi connectivity index (χ0) is 17.2. The number of nitrogens with zero attached hydrogens (tertiary/aromatic N) is 3. The van der Waals surface area contributed by atoms with Crippen molar-refractivity contribution in [3.8, 4) is 0 Å². The number of amides is 1. The van der Waals surface area contributed by atoms with Crippen LogP contribution >= 0.6 is 0 Å². The number of piperazine rings is 1. The van der Waals surface area contributed by atoms with Gasteiger partial charge in [0, 0.05) is 39.3 Å². The average molecular weight is 351 g/mol. The van der Waals surface area contributed by atoms with E-state index in [0.717, 1.165) is 25.9 Å². The van der Waals surface area contributed by atoms with Crippen LogP contribution < -0.4 is 0 Å². The quantitative estimate of drug-likeness (QED) is 0.812. The van der Waals surface area contributed by atoms with Crippen LogP contribution in [-0.2, 0) is 14.8 Å². The van der Waals surface area contributed by atoms with Gasteiger partial charge in [-0.05, 0) is 31.9 Å². The molecule has 1 amide bonds. The molecule has 7 heteroatoms. The zero-order valence-electron chi connectivity index (χ0n) is 14.1. The van der Waals surface area contributed by atoms with Gasteiger partial charge < -0.3 is 4.90 Å². The lowest BCUT2D eigenvalue weighted by Gasteiger charge is -2.37. The highest BCUT2D eigenvalue weighted by Gasteiger charge is 2.33. The summed E-state index contributed by atoms with van der Waals surface area (Å²) >= 11 is 0. The first-order valence-corrected chi connectivity index (χ1v) is 10.0. The summed E-state index contributed by atoms with van der Waals surface area (Å²) in [6.07, 6.45) is 2.17. The Morgan fingerprint density at radius 3 is 2.12 bits per heavy atom. The lowest BCUT2D eigenvalue weighted by atomic mass is 10.2. The molecule has 0 bridgehead atoms. The van der Waals surface area contributed by atoms with E-state index in [1.54, 1.807) is 24.3 Å². The van der Waals surface area contributed by atoms with E-state index in [0.29, 0.717) is 31.1 Å². The highest BCUT2D eigenvalue weighted by atomic mass is 32.2. The normalized spacial score (nSPS) is 21.8. The van der Waals surface area contributed by atoms with Gasteiger partial charge in [-0.25, -0.2) is 8.42 Å².